The van der Waals surface area contributed by atoms with Crippen molar-refractivity contribution in [2.45, 2.75) is 11.8 Å². The summed E-state index contributed by atoms with van der Waals surface area (Å²) in [6, 6.07) is 11.5. The highest BCUT2D eigenvalue weighted by molar-refractivity contribution is 7.92. The van der Waals surface area contributed by atoms with Gasteiger partial charge in [0.15, 0.2) is 9.84 Å². The second-order valence-corrected chi connectivity index (χ2v) is 7.41. The SMILES string of the molecule is COC(=O)c1cc(NC(=O)CS(=O)(=O)c2ccccc2)ccc1OC(C)=O. The summed E-state index contributed by atoms with van der Waals surface area (Å²) >= 11 is 0. The first-order valence-electron chi connectivity index (χ1n) is 7.71. The van der Waals surface area contributed by atoms with E-state index in [0.717, 1.165) is 7.11 Å². The van der Waals surface area contributed by atoms with Crippen LogP contribution in [0.3, 0.4) is 0 Å². The summed E-state index contributed by atoms with van der Waals surface area (Å²) in [5.74, 6) is -3.00. The van der Waals surface area contributed by atoms with Crippen LogP contribution in [0.1, 0.15) is 17.3 Å². The first-order chi connectivity index (χ1) is 12.7. The largest absolute Gasteiger partial charge is 0.465 e. The second kappa shape index (κ2) is 8.45. The van der Waals surface area contributed by atoms with Crippen LogP contribution >= 0.6 is 0 Å². The number of anilines is 1. The number of hydrogen-bond acceptors (Lipinski definition) is 7. The van der Waals surface area contributed by atoms with E-state index in [1.54, 1.807) is 18.2 Å². The Morgan fingerprint density at radius 3 is 2.30 bits per heavy atom. The van der Waals surface area contributed by atoms with E-state index in [0.29, 0.717) is 0 Å². The van der Waals surface area contributed by atoms with E-state index in [9.17, 15) is 22.8 Å². The third kappa shape index (κ3) is 5.38. The average Bonchev–Trinajstić information content (AvgIpc) is 2.62. The van der Waals surface area contributed by atoms with E-state index >= 15 is 0 Å². The lowest BCUT2D eigenvalue weighted by atomic mass is 10.1. The normalized spacial score (nSPS) is 10.7. The van der Waals surface area contributed by atoms with Crippen molar-refractivity contribution in [1.82, 2.24) is 0 Å². The lowest BCUT2D eigenvalue weighted by Gasteiger charge is -2.11. The van der Waals surface area contributed by atoms with Gasteiger partial charge in [-0.3, -0.25) is 9.59 Å². The summed E-state index contributed by atoms with van der Waals surface area (Å²) < 4.78 is 34.0. The summed E-state index contributed by atoms with van der Waals surface area (Å²) in [6.07, 6.45) is 0. The van der Waals surface area contributed by atoms with Gasteiger partial charge in [0, 0.05) is 12.6 Å². The summed E-state index contributed by atoms with van der Waals surface area (Å²) in [5, 5.41) is 2.40. The monoisotopic (exact) mass is 391 g/mol. The minimum Gasteiger partial charge on any atom is -0.465 e. The average molecular weight is 391 g/mol. The number of benzene rings is 2. The molecule has 0 radical (unpaired) electrons. The predicted octanol–water partition coefficient (Wildman–Crippen LogP) is 1.81. The van der Waals surface area contributed by atoms with Gasteiger partial charge < -0.3 is 14.8 Å². The first-order valence-corrected chi connectivity index (χ1v) is 9.36. The van der Waals surface area contributed by atoms with Crippen molar-refractivity contribution < 1.29 is 32.3 Å². The van der Waals surface area contributed by atoms with E-state index in [-0.39, 0.29) is 21.9 Å². The Morgan fingerprint density at radius 1 is 1.04 bits per heavy atom. The summed E-state index contributed by atoms with van der Waals surface area (Å²) in [5.41, 5.74) is 0.0657. The number of nitrogens with one attached hydrogen (secondary N) is 1. The van der Waals surface area contributed by atoms with E-state index in [1.807, 2.05) is 0 Å². The molecule has 0 atom stereocenters. The summed E-state index contributed by atoms with van der Waals surface area (Å²) in [7, 11) is -2.66. The molecule has 8 nitrogen and oxygen atoms in total. The minimum absolute atomic E-state index is 0.0283. The third-order valence-corrected chi connectivity index (χ3v) is 4.98. The molecule has 9 heteroatoms. The Hall–Kier alpha value is -3.20. The maximum absolute atomic E-state index is 12.2. The van der Waals surface area contributed by atoms with Gasteiger partial charge in [-0.25, -0.2) is 13.2 Å². The predicted molar refractivity (Wildman–Crippen MR) is 96.2 cm³/mol. The van der Waals surface area contributed by atoms with Gasteiger partial charge in [0.05, 0.1) is 12.0 Å². The molecule has 0 saturated carbocycles. The molecule has 2 aromatic carbocycles. The maximum atomic E-state index is 12.2. The third-order valence-electron chi connectivity index (χ3n) is 3.35. The van der Waals surface area contributed by atoms with E-state index in [1.165, 1.54) is 37.3 Å². The molecule has 0 bridgehead atoms. The molecule has 2 aromatic rings. The number of rotatable bonds is 6. The zero-order chi connectivity index (χ0) is 20.0. The van der Waals surface area contributed by atoms with Crippen molar-refractivity contribution in [3.63, 3.8) is 0 Å². The highest BCUT2D eigenvalue weighted by atomic mass is 32.2. The van der Waals surface area contributed by atoms with E-state index in [2.05, 4.69) is 10.1 Å². The molecule has 0 fully saturated rings. The Morgan fingerprint density at radius 2 is 1.70 bits per heavy atom. The van der Waals surface area contributed by atoms with Crippen LogP contribution in [0.15, 0.2) is 53.4 Å². The van der Waals surface area contributed by atoms with Crippen molar-refractivity contribution in [2.75, 3.05) is 18.2 Å². The molecular weight excluding hydrogens is 374 g/mol. The van der Waals surface area contributed by atoms with Gasteiger partial charge >= 0.3 is 11.9 Å². The molecule has 1 N–H and O–H groups in total. The molecule has 0 unspecified atom stereocenters. The number of hydrogen-bond donors (Lipinski definition) is 1. The lowest BCUT2D eigenvalue weighted by molar-refractivity contribution is -0.131. The van der Waals surface area contributed by atoms with E-state index < -0.39 is 33.4 Å². The smallest absolute Gasteiger partial charge is 0.341 e. The number of sulfone groups is 1. The Labute approximate surface area is 156 Å². The Balaban J connectivity index is 2.20. The van der Waals surface area contributed by atoms with Gasteiger partial charge in [0.2, 0.25) is 5.91 Å². The number of esters is 2. The van der Waals surface area contributed by atoms with Crippen LogP contribution in [0.4, 0.5) is 5.69 Å². The van der Waals surface area contributed by atoms with Crippen LogP contribution in [-0.2, 0) is 24.2 Å². The number of ether oxygens (including phenoxy) is 2. The molecule has 27 heavy (non-hydrogen) atoms. The molecule has 0 aliphatic rings. The molecule has 1 amide bonds. The van der Waals surface area contributed by atoms with E-state index in [4.69, 9.17) is 4.74 Å². The van der Waals surface area contributed by atoms with Crippen molar-refractivity contribution in [3.05, 3.63) is 54.1 Å². The molecule has 0 aromatic heterocycles. The number of amides is 1. The minimum atomic E-state index is -3.81. The fraction of sp³-hybridized carbons (Fsp3) is 0.167. The molecule has 0 saturated heterocycles. The standard InChI is InChI=1S/C18H17NO7S/c1-12(20)26-16-9-8-13(10-15(16)18(22)25-2)19-17(21)11-27(23,24)14-6-4-3-5-7-14/h3-10H,11H2,1-2H3,(H,19,21). The zero-order valence-electron chi connectivity index (χ0n) is 14.6. The number of carbonyl (C=O) groups is 3. The molecule has 0 aliphatic heterocycles. The van der Waals surface area contributed by atoms with Gasteiger partial charge in [0.1, 0.15) is 17.1 Å². The highest BCUT2D eigenvalue weighted by Gasteiger charge is 2.20. The van der Waals surface area contributed by atoms with Crippen molar-refractivity contribution in [3.8, 4) is 5.75 Å². The summed E-state index contributed by atoms with van der Waals surface area (Å²) in [6.45, 7) is 1.17. The van der Waals surface area contributed by atoms with Gasteiger partial charge in [-0.2, -0.15) is 0 Å². The number of carbonyl (C=O) groups excluding carboxylic acids is 3. The quantitative estimate of drug-likeness (QED) is 0.590. The molecule has 142 valence electrons. The van der Waals surface area contributed by atoms with Crippen LogP contribution in [0.25, 0.3) is 0 Å². The van der Waals surface area contributed by atoms with Crippen molar-refractivity contribution in [2.24, 2.45) is 0 Å². The van der Waals surface area contributed by atoms with Crippen LogP contribution in [0.5, 0.6) is 5.75 Å². The second-order valence-electron chi connectivity index (χ2n) is 5.42. The van der Waals surface area contributed by atoms with Crippen LogP contribution in [0, 0.1) is 0 Å². The van der Waals surface area contributed by atoms with Crippen LogP contribution < -0.4 is 10.1 Å². The molecule has 0 aliphatic carbocycles. The highest BCUT2D eigenvalue weighted by Crippen LogP contribution is 2.24. The fourth-order valence-electron chi connectivity index (χ4n) is 2.20. The van der Waals surface area contributed by atoms with Gasteiger partial charge in [0.25, 0.3) is 0 Å². The van der Waals surface area contributed by atoms with Gasteiger partial charge in [-0.15, -0.1) is 0 Å². The molecule has 0 heterocycles. The number of methoxy groups -OCH3 is 1. The molecule has 0 spiro atoms. The van der Waals surface area contributed by atoms with Crippen molar-refractivity contribution >= 4 is 33.4 Å². The van der Waals surface area contributed by atoms with Crippen LogP contribution in [-0.4, -0.2) is 39.1 Å². The Bertz CT molecular complexity index is 968. The first kappa shape index (κ1) is 20.1. The maximum Gasteiger partial charge on any atom is 0.341 e. The topological polar surface area (TPSA) is 116 Å². The van der Waals surface area contributed by atoms with Gasteiger partial charge in [-0.05, 0) is 30.3 Å². The Kier molecular flexibility index (Phi) is 6.30. The van der Waals surface area contributed by atoms with Crippen LogP contribution in [0.2, 0.25) is 0 Å². The fourth-order valence-corrected chi connectivity index (χ4v) is 3.36. The lowest BCUT2D eigenvalue weighted by Crippen LogP contribution is -2.23. The zero-order valence-corrected chi connectivity index (χ0v) is 15.4. The molecule has 2 rings (SSSR count). The summed E-state index contributed by atoms with van der Waals surface area (Å²) in [4.78, 5) is 35.1. The van der Waals surface area contributed by atoms with Crippen molar-refractivity contribution in [1.29, 1.82) is 0 Å². The van der Waals surface area contributed by atoms with Gasteiger partial charge in [-0.1, -0.05) is 18.2 Å². The molecular formula is C18H17NO7S.